The monoisotopic (exact) mass is 276 g/mol. The second-order valence-electron chi connectivity index (χ2n) is 5.20. The largest absolute Gasteiger partial charge is 0.478 e. The lowest BCUT2D eigenvalue weighted by molar-refractivity contribution is 0.0697. The van der Waals surface area contributed by atoms with E-state index < -0.39 is 5.97 Å². The fraction of sp³-hybridized carbons (Fsp3) is 0.467. The van der Waals surface area contributed by atoms with Crippen LogP contribution in [0.4, 0.5) is 10.5 Å². The number of aromatic carboxylic acids is 1. The first-order chi connectivity index (χ1) is 9.58. The zero-order chi connectivity index (χ0) is 14.5. The Hall–Kier alpha value is -2.04. The van der Waals surface area contributed by atoms with E-state index in [1.807, 2.05) is 0 Å². The minimum absolute atomic E-state index is 0.139. The van der Waals surface area contributed by atoms with Crippen LogP contribution in [-0.2, 0) is 0 Å². The van der Waals surface area contributed by atoms with E-state index in [0.29, 0.717) is 5.69 Å². The summed E-state index contributed by atoms with van der Waals surface area (Å²) in [6.07, 6.45) is 5.66. The summed E-state index contributed by atoms with van der Waals surface area (Å²) in [5.41, 5.74) is 0.901. The molecule has 0 heterocycles. The molecular weight excluding hydrogens is 256 g/mol. The van der Waals surface area contributed by atoms with Crippen LogP contribution in [0, 0.1) is 0 Å². The summed E-state index contributed by atoms with van der Waals surface area (Å²) >= 11 is 0. The van der Waals surface area contributed by atoms with Crippen molar-refractivity contribution in [3.8, 4) is 0 Å². The molecule has 1 aromatic rings. The van der Waals surface area contributed by atoms with Crippen LogP contribution >= 0.6 is 0 Å². The van der Waals surface area contributed by atoms with Crippen molar-refractivity contribution in [2.24, 2.45) is 0 Å². The van der Waals surface area contributed by atoms with Gasteiger partial charge in [-0.15, -0.1) is 0 Å². The Balaban J connectivity index is 1.96. The van der Waals surface area contributed by atoms with Crippen LogP contribution in [0.2, 0.25) is 0 Å². The summed E-state index contributed by atoms with van der Waals surface area (Å²) in [6, 6.07) is 6.41. The van der Waals surface area contributed by atoms with Gasteiger partial charge in [0.15, 0.2) is 0 Å². The second-order valence-corrected chi connectivity index (χ2v) is 5.20. The lowest BCUT2D eigenvalue weighted by Gasteiger charge is -2.26. The van der Waals surface area contributed by atoms with Crippen molar-refractivity contribution in [1.29, 1.82) is 0 Å². The van der Waals surface area contributed by atoms with Gasteiger partial charge in [-0.3, -0.25) is 4.90 Å². The number of nitrogens with one attached hydrogen (secondary N) is 1. The van der Waals surface area contributed by atoms with Gasteiger partial charge in [0.25, 0.3) is 0 Å². The Bertz CT molecular complexity index is 478. The number of anilines is 1. The number of hydrogen-bond donors (Lipinski definition) is 2. The van der Waals surface area contributed by atoms with E-state index in [1.165, 1.54) is 36.3 Å². The number of carboxylic acid groups (broad SMARTS) is 1. The number of rotatable bonds is 3. The molecule has 108 valence electrons. The van der Waals surface area contributed by atoms with Gasteiger partial charge in [-0.2, -0.15) is 0 Å². The number of hydrogen-bond acceptors (Lipinski definition) is 2. The fourth-order valence-electron chi connectivity index (χ4n) is 2.46. The summed E-state index contributed by atoms with van der Waals surface area (Å²) in [5.74, 6) is -0.967. The van der Waals surface area contributed by atoms with Crippen molar-refractivity contribution in [1.82, 2.24) is 5.32 Å². The molecule has 2 amide bonds. The SMILES string of the molecule is CN(C(=O)NC1CCCCC1)c1ccc(C(=O)O)cc1. The zero-order valence-corrected chi connectivity index (χ0v) is 11.6. The summed E-state index contributed by atoms with van der Waals surface area (Å²) in [7, 11) is 1.69. The third kappa shape index (κ3) is 3.50. The van der Waals surface area contributed by atoms with Crippen molar-refractivity contribution in [3.05, 3.63) is 29.8 Å². The highest BCUT2D eigenvalue weighted by Gasteiger charge is 2.18. The molecule has 2 rings (SSSR count). The molecule has 1 aromatic carbocycles. The Labute approximate surface area is 118 Å². The Kier molecular flexibility index (Phi) is 4.61. The molecule has 1 aliphatic carbocycles. The minimum Gasteiger partial charge on any atom is -0.478 e. The van der Waals surface area contributed by atoms with Gasteiger partial charge in [-0.1, -0.05) is 19.3 Å². The molecule has 1 saturated carbocycles. The third-order valence-corrected chi connectivity index (χ3v) is 3.74. The third-order valence-electron chi connectivity index (χ3n) is 3.74. The average Bonchev–Trinajstić information content (AvgIpc) is 2.47. The Morgan fingerprint density at radius 3 is 2.30 bits per heavy atom. The Morgan fingerprint density at radius 2 is 1.75 bits per heavy atom. The van der Waals surface area contributed by atoms with Crippen molar-refractivity contribution < 1.29 is 14.7 Å². The molecule has 0 spiro atoms. The maximum atomic E-state index is 12.1. The van der Waals surface area contributed by atoms with Crippen LogP contribution in [0.3, 0.4) is 0 Å². The minimum atomic E-state index is -0.967. The van der Waals surface area contributed by atoms with E-state index in [-0.39, 0.29) is 17.6 Å². The van der Waals surface area contributed by atoms with Crippen LogP contribution in [0.25, 0.3) is 0 Å². The average molecular weight is 276 g/mol. The molecule has 1 aliphatic rings. The number of carbonyl (C=O) groups is 2. The van der Waals surface area contributed by atoms with Crippen molar-refractivity contribution >= 4 is 17.7 Å². The number of urea groups is 1. The van der Waals surface area contributed by atoms with Gasteiger partial charge >= 0.3 is 12.0 Å². The van der Waals surface area contributed by atoms with Crippen molar-refractivity contribution in [3.63, 3.8) is 0 Å². The highest BCUT2D eigenvalue weighted by molar-refractivity contribution is 5.93. The predicted octanol–water partition coefficient (Wildman–Crippen LogP) is 2.86. The van der Waals surface area contributed by atoms with Gasteiger partial charge in [-0.05, 0) is 37.1 Å². The molecule has 2 N–H and O–H groups in total. The van der Waals surface area contributed by atoms with Crippen LogP contribution in [0.5, 0.6) is 0 Å². The maximum absolute atomic E-state index is 12.1. The smallest absolute Gasteiger partial charge is 0.335 e. The molecule has 0 bridgehead atoms. The van der Waals surface area contributed by atoms with Crippen molar-refractivity contribution in [2.75, 3.05) is 11.9 Å². The molecule has 0 aliphatic heterocycles. The first-order valence-corrected chi connectivity index (χ1v) is 6.95. The number of carboxylic acids is 1. The molecule has 5 heteroatoms. The van der Waals surface area contributed by atoms with E-state index in [9.17, 15) is 9.59 Å². The fourth-order valence-corrected chi connectivity index (χ4v) is 2.46. The van der Waals surface area contributed by atoms with Gasteiger partial charge in [0.2, 0.25) is 0 Å². The molecule has 5 nitrogen and oxygen atoms in total. The standard InChI is InChI=1S/C15H20N2O3/c1-17(13-9-7-11(8-10-13)14(18)19)15(20)16-12-5-3-2-4-6-12/h7-10,12H,2-6H2,1H3,(H,16,20)(H,18,19). The van der Waals surface area contributed by atoms with Crippen LogP contribution < -0.4 is 10.2 Å². The molecule has 0 saturated heterocycles. The van der Waals surface area contributed by atoms with E-state index in [4.69, 9.17) is 5.11 Å². The predicted molar refractivity (Wildman–Crippen MR) is 77.2 cm³/mol. The highest BCUT2D eigenvalue weighted by atomic mass is 16.4. The molecule has 0 atom stereocenters. The van der Waals surface area contributed by atoms with E-state index in [2.05, 4.69) is 5.32 Å². The highest BCUT2D eigenvalue weighted by Crippen LogP contribution is 2.19. The lowest BCUT2D eigenvalue weighted by Crippen LogP contribution is -2.43. The van der Waals surface area contributed by atoms with Crippen LogP contribution in [0.1, 0.15) is 42.5 Å². The van der Waals surface area contributed by atoms with Crippen LogP contribution in [0.15, 0.2) is 24.3 Å². The number of benzene rings is 1. The first kappa shape index (κ1) is 14.4. The van der Waals surface area contributed by atoms with E-state index in [0.717, 1.165) is 12.8 Å². The first-order valence-electron chi connectivity index (χ1n) is 6.95. The number of carbonyl (C=O) groups excluding carboxylic acids is 1. The molecule has 20 heavy (non-hydrogen) atoms. The summed E-state index contributed by atoms with van der Waals surface area (Å²) in [4.78, 5) is 24.4. The van der Waals surface area contributed by atoms with E-state index >= 15 is 0 Å². The van der Waals surface area contributed by atoms with E-state index in [1.54, 1.807) is 19.2 Å². The molecule has 0 unspecified atom stereocenters. The van der Waals surface area contributed by atoms with Crippen LogP contribution in [-0.4, -0.2) is 30.2 Å². The molecular formula is C15H20N2O3. The van der Waals surface area contributed by atoms with Gasteiger partial charge in [0.1, 0.15) is 0 Å². The summed E-state index contributed by atoms with van der Waals surface area (Å²) in [6.45, 7) is 0. The summed E-state index contributed by atoms with van der Waals surface area (Å²) in [5, 5.41) is 11.9. The van der Waals surface area contributed by atoms with Gasteiger partial charge in [-0.25, -0.2) is 9.59 Å². The quantitative estimate of drug-likeness (QED) is 0.891. The number of amides is 2. The van der Waals surface area contributed by atoms with Gasteiger partial charge in [0.05, 0.1) is 5.56 Å². The zero-order valence-electron chi connectivity index (χ0n) is 11.6. The topological polar surface area (TPSA) is 69.6 Å². The second kappa shape index (κ2) is 6.41. The Morgan fingerprint density at radius 1 is 1.15 bits per heavy atom. The lowest BCUT2D eigenvalue weighted by atomic mass is 9.96. The molecule has 1 fully saturated rings. The maximum Gasteiger partial charge on any atom is 0.335 e. The normalized spacial score (nSPS) is 15.7. The molecule has 0 radical (unpaired) electrons. The van der Waals surface area contributed by atoms with Crippen molar-refractivity contribution in [2.45, 2.75) is 38.1 Å². The summed E-state index contributed by atoms with van der Waals surface area (Å²) < 4.78 is 0. The van der Waals surface area contributed by atoms with Gasteiger partial charge in [0, 0.05) is 18.8 Å². The van der Waals surface area contributed by atoms with Gasteiger partial charge < -0.3 is 10.4 Å². The molecule has 0 aromatic heterocycles. The number of nitrogens with zero attached hydrogens (tertiary/aromatic N) is 1.